The van der Waals surface area contributed by atoms with Gasteiger partial charge in [-0.2, -0.15) is 8.78 Å². The van der Waals surface area contributed by atoms with Gasteiger partial charge >= 0.3 is 0 Å². The second-order valence-electron chi connectivity index (χ2n) is 3.13. The molecule has 7 heteroatoms. The van der Waals surface area contributed by atoms with Crippen LogP contribution in [-0.4, -0.2) is 12.5 Å². The Morgan fingerprint density at radius 3 is 1.27 bits per heavy atom. The molecule has 0 saturated heterocycles. The highest BCUT2D eigenvalue weighted by Crippen LogP contribution is 2.28. The maximum Gasteiger partial charge on any atom is 0.234 e. The summed E-state index contributed by atoms with van der Waals surface area (Å²) in [6, 6.07) is 0. The Balaban J connectivity index is 3.76. The molecular formula is C8H6F5OS+. The van der Waals surface area contributed by atoms with Crippen LogP contribution in [0.4, 0.5) is 22.0 Å². The summed E-state index contributed by atoms with van der Waals surface area (Å²) in [7, 11) is -3.27. The van der Waals surface area contributed by atoms with Gasteiger partial charge in [-0.15, -0.1) is 4.21 Å². The van der Waals surface area contributed by atoms with Crippen molar-refractivity contribution in [3.63, 3.8) is 0 Å². The predicted molar refractivity (Wildman–Crippen MR) is 44.4 cm³/mol. The summed E-state index contributed by atoms with van der Waals surface area (Å²) < 4.78 is 75.2. The van der Waals surface area contributed by atoms with Crippen molar-refractivity contribution in [3.8, 4) is 0 Å². The van der Waals surface area contributed by atoms with Crippen molar-refractivity contribution < 1.29 is 26.2 Å². The van der Waals surface area contributed by atoms with Crippen molar-refractivity contribution in [2.75, 3.05) is 12.5 Å². The number of benzene rings is 1. The summed E-state index contributed by atoms with van der Waals surface area (Å²) in [5, 5.41) is 0. The fourth-order valence-electron chi connectivity index (χ4n) is 1.02. The fourth-order valence-corrected chi connectivity index (χ4v) is 2.06. The second-order valence-corrected chi connectivity index (χ2v) is 6.01. The molecule has 0 spiro atoms. The van der Waals surface area contributed by atoms with Crippen LogP contribution in [0.2, 0.25) is 0 Å². The summed E-state index contributed by atoms with van der Waals surface area (Å²) in [6.45, 7) is 0. The average Bonchev–Trinajstić information content (AvgIpc) is 2.09. The molecule has 0 aromatic heterocycles. The van der Waals surface area contributed by atoms with Gasteiger partial charge in [0.1, 0.15) is 22.4 Å². The van der Waals surface area contributed by atoms with Crippen LogP contribution in [0.1, 0.15) is 0 Å². The lowest BCUT2D eigenvalue weighted by Crippen LogP contribution is -2.15. The summed E-state index contributed by atoms with van der Waals surface area (Å²) >= 11 is 0. The van der Waals surface area contributed by atoms with Crippen LogP contribution < -0.4 is 0 Å². The first-order chi connectivity index (χ1) is 6.68. The smallest absolute Gasteiger partial charge is 0.200 e. The van der Waals surface area contributed by atoms with E-state index in [1.54, 1.807) is 0 Å². The topological polar surface area (TPSA) is 17.1 Å². The molecule has 0 bridgehead atoms. The molecule has 0 atom stereocenters. The summed E-state index contributed by atoms with van der Waals surface area (Å²) in [6.07, 6.45) is 1.79. The van der Waals surface area contributed by atoms with Gasteiger partial charge in [0.2, 0.25) is 34.0 Å². The quantitative estimate of drug-likeness (QED) is 0.321. The van der Waals surface area contributed by atoms with Gasteiger partial charge in [0, 0.05) is 0 Å². The molecule has 0 saturated carbocycles. The van der Waals surface area contributed by atoms with Gasteiger partial charge < -0.3 is 0 Å². The zero-order valence-corrected chi connectivity index (χ0v) is 8.52. The minimum absolute atomic E-state index is 0.894. The van der Waals surface area contributed by atoms with Crippen molar-refractivity contribution >= 4 is 9.93 Å². The third kappa shape index (κ3) is 1.88. The first kappa shape index (κ1) is 12.1. The Labute approximate surface area is 83.3 Å². The van der Waals surface area contributed by atoms with Crippen LogP contribution in [0, 0.1) is 29.1 Å². The Morgan fingerprint density at radius 1 is 0.733 bits per heavy atom. The van der Waals surface area contributed by atoms with Gasteiger partial charge in [0.05, 0.1) is 0 Å². The molecule has 0 unspecified atom stereocenters. The third-order valence-corrected chi connectivity index (χ3v) is 3.00. The molecule has 1 aromatic rings. The minimum Gasteiger partial charge on any atom is -0.200 e. The molecule has 0 fully saturated rings. The lowest BCUT2D eigenvalue weighted by atomic mass is 10.3. The van der Waals surface area contributed by atoms with Crippen LogP contribution in [0.15, 0.2) is 4.90 Å². The number of rotatable bonds is 1. The summed E-state index contributed by atoms with van der Waals surface area (Å²) in [5.74, 6) is -10.5. The molecule has 15 heavy (non-hydrogen) atoms. The van der Waals surface area contributed by atoms with Crippen molar-refractivity contribution in [1.82, 2.24) is 0 Å². The normalized spacial score (nSPS) is 11.9. The highest BCUT2D eigenvalue weighted by molar-refractivity contribution is 8.01. The van der Waals surface area contributed by atoms with Crippen molar-refractivity contribution in [3.05, 3.63) is 29.1 Å². The van der Waals surface area contributed by atoms with E-state index in [-0.39, 0.29) is 0 Å². The third-order valence-electron chi connectivity index (χ3n) is 1.66. The van der Waals surface area contributed by atoms with E-state index in [1.165, 1.54) is 0 Å². The van der Waals surface area contributed by atoms with Gasteiger partial charge in [0.15, 0.2) is 0 Å². The monoisotopic (exact) mass is 245 g/mol. The molecule has 1 rings (SSSR count). The lowest BCUT2D eigenvalue weighted by molar-refractivity contribution is 0.358. The van der Waals surface area contributed by atoms with E-state index in [2.05, 4.69) is 0 Å². The molecular weight excluding hydrogens is 239 g/mol. The van der Waals surface area contributed by atoms with Gasteiger partial charge in [-0.1, -0.05) is 0 Å². The molecule has 0 radical (unpaired) electrons. The molecule has 84 valence electrons. The average molecular weight is 245 g/mol. The van der Waals surface area contributed by atoms with Crippen LogP contribution >= 0.6 is 0 Å². The molecule has 0 aliphatic heterocycles. The Kier molecular flexibility index (Phi) is 2.86. The van der Waals surface area contributed by atoms with E-state index in [0.29, 0.717) is 0 Å². The number of hydrogen-bond acceptors (Lipinski definition) is 1. The number of hydrogen-bond donors (Lipinski definition) is 0. The van der Waals surface area contributed by atoms with Crippen LogP contribution in [0.5, 0.6) is 0 Å². The summed E-state index contributed by atoms with van der Waals surface area (Å²) in [5.41, 5.74) is 0. The van der Waals surface area contributed by atoms with Gasteiger partial charge in [-0.25, -0.2) is 13.2 Å². The van der Waals surface area contributed by atoms with Crippen LogP contribution in [0.3, 0.4) is 0 Å². The van der Waals surface area contributed by atoms with Crippen LogP contribution in [-0.2, 0) is 14.1 Å². The Bertz CT molecular complexity index is 436. The van der Waals surface area contributed by atoms with Gasteiger partial charge in [-0.05, 0) is 0 Å². The molecule has 0 aliphatic rings. The van der Waals surface area contributed by atoms with Crippen molar-refractivity contribution in [1.29, 1.82) is 0 Å². The maximum atomic E-state index is 13.0. The molecule has 0 N–H and O–H groups in total. The van der Waals surface area contributed by atoms with E-state index in [9.17, 15) is 26.2 Å². The lowest BCUT2D eigenvalue weighted by Gasteiger charge is -2.06. The molecule has 0 heterocycles. The van der Waals surface area contributed by atoms with Crippen molar-refractivity contribution in [2.45, 2.75) is 4.90 Å². The van der Waals surface area contributed by atoms with E-state index < -0.39 is 43.9 Å². The molecule has 0 amide bonds. The van der Waals surface area contributed by atoms with E-state index in [0.717, 1.165) is 12.5 Å². The zero-order chi connectivity index (χ0) is 12.0. The van der Waals surface area contributed by atoms with Crippen LogP contribution in [0.25, 0.3) is 0 Å². The highest BCUT2D eigenvalue weighted by Gasteiger charge is 2.36. The Hall–Kier alpha value is -0.980. The zero-order valence-electron chi connectivity index (χ0n) is 7.71. The molecule has 1 aromatic carbocycles. The van der Waals surface area contributed by atoms with Gasteiger partial charge in [0.25, 0.3) is 0 Å². The standard InChI is InChI=1S/C8H6F5OS/c1-15(2,14)8-6(12)4(10)3(9)5(11)7(8)13/h1-2H3/q+1. The first-order valence-electron chi connectivity index (χ1n) is 3.63. The first-order valence-corrected chi connectivity index (χ1v) is 6.01. The highest BCUT2D eigenvalue weighted by atomic mass is 32.2. The largest absolute Gasteiger partial charge is 0.234 e. The SMILES string of the molecule is C[S+](C)(=O)c1c(F)c(F)c(F)c(F)c1F. The number of halogens is 5. The second kappa shape index (κ2) is 3.55. The molecule has 0 aliphatic carbocycles. The fraction of sp³-hybridized carbons (Fsp3) is 0.250. The van der Waals surface area contributed by atoms with Gasteiger partial charge in [-0.3, -0.25) is 0 Å². The predicted octanol–water partition coefficient (Wildman–Crippen LogP) is 2.50. The Morgan fingerprint density at radius 2 is 1.00 bits per heavy atom. The van der Waals surface area contributed by atoms with Crippen molar-refractivity contribution in [2.24, 2.45) is 0 Å². The minimum atomic E-state index is -3.27. The summed E-state index contributed by atoms with van der Waals surface area (Å²) in [4.78, 5) is -1.26. The van der Waals surface area contributed by atoms with E-state index in [1.807, 2.05) is 0 Å². The molecule has 1 nitrogen and oxygen atoms in total. The van der Waals surface area contributed by atoms with E-state index >= 15 is 0 Å². The van der Waals surface area contributed by atoms with E-state index in [4.69, 9.17) is 0 Å². The maximum absolute atomic E-state index is 13.0.